The van der Waals surface area contributed by atoms with E-state index in [2.05, 4.69) is 37.7 Å². The molecule has 0 aromatic carbocycles. The Bertz CT molecular complexity index is 379. The second-order valence-corrected chi connectivity index (χ2v) is 7.80. The van der Waals surface area contributed by atoms with Crippen LogP contribution in [0.15, 0.2) is 16.8 Å². The molecule has 0 bridgehead atoms. The summed E-state index contributed by atoms with van der Waals surface area (Å²) in [6.45, 7) is 2.47. The first-order valence-corrected chi connectivity index (χ1v) is 9.69. The van der Waals surface area contributed by atoms with Crippen LogP contribution in [-0.2, 0) is 6.54 Å². The van der Waals surface area contributed by atoms with Crippen molar-refractivity contribution < 1.29 is 0 Å². The molecule has 1 aromatic rings. The van der Waals surface area contributed by atoms with Gasteiger partial charge >= 0.3 is 0 Å². The highest BCUT2D eigenvalue weighted by Crippen LogP contribution is 2.41. The van der Waals surface area contributed by atoms with Crippen LogP contribution in [0, 0.1) is 5.41 Å². The molecule has 0 radical (unpaired) electrons. The average molecular weight is 342 g/mol. The predicted octanol–water partition coefficient (Wildman–Crippen LogP) is 5.06. The van der Waals surface area contributed by atoms with Crippen molar-refractivity contribution in [3.8, 4) is 0 Å². The van der Waals surface area contributed by atoms with E-state index in [1.807, 2.05) is 11.3 Å². The van der Waals surface area contributed by atoms with E-state index in [-0.39, 0.29) is 0 Å². The van der Waals surface area contributed by atoms with E-state index in [1.54, 1.807) is 0 Å². The van der Waals surface area contributed by atoms with E-state index in [1.165, 1.54) is 68.9 Å². The third-order valence-corrected chi connectivity index (χ3v) is 6.69. The van der Waals surface area contributed by atoms with Gasteiger partial charge in [-0.25, -0.2) is 0 Å². The zero-order valence-corrected chi connectivity index (χ0v) is 14.0. The SMILES string of the molecule is BrCC1(CN(Cc2ccsc2)C2CC2)CCCCC1. The summed E-state index contributed by atoms with van der Waals surface area (Å²) < 4.78 is 0. The summed E-state index contributed by atoms with van der Waals surface area (Å²) in [5.41, 5.74) is 2.06. The Labute approximate surface area is 129 Å². The summed E-state index contributed by atoms with van der Waals surface area (Å²) in [7, 11) is 0. The Morgan fingerprint density at radius 1 is 1.26 bits per heavy atom. The Morgan fingerprint density at radius 3 is 2.63 bits per heavy atom. The molecule has 0 unspecified atom stereocenters. The zero-order chi connectivity index (χ0) is 13.1. The van der Waals surface area contributed by atoms with E-state index < -0.39 is 0 Å². The highest BCUT2D eigenvalue weighted by molar-refractivity contribution is 9.09. The van der Waals surface area contributed by atoms with Gasteiger partial charge in [-0.3, -0.25) is 4.90 Å². The lowest BCUT2D eigenvalue weighted by atomic mass is 9.75. The smallest absolute Gasteiger partial charge is 0.0245 e. The Hall–Kier alpha value is 0.140. The summed E-state index contributed by atoms with van der Waals surface area (Å²) in [5, 5.41) is 5.71. The van der Waals surface area contributed by atoms with Crippen LogP contribution in [0.4, 0.5) is 0 Å². The molecule has 0 amide bonds. The van der Waals surface area contributed by atoms with Crippen molar-refractivity contribution in [3.63, 3.8) is 0 Å². The van der Waals surface area contributed by atoms with Crippen molar-refractivity contribution in [1.82, 2.24) is 4.90 Å². The fourth-order valence-corrected chi connectivity index (χ4v) is 4.84. The van der Waals surface area contributed by atoms with Gasteiger partial charge in [-0.2, -0.15) is 11.3 Å². The van der Waals surface area contributed by atoms with Gasteiger partial charge in [-0.05, 0) is 53.5 Å². The standard InChI is InChI=1S/C16H24BrNS/c17-12-16(7-2-1-3-8-16)13-18(15-4-5-15)10-14-6-9-19-11-14/h6,9,11,15H,1-5,7-8,10,12-13H2. The monoisotopic (exact) mass is 341 g/mol. The lowest BCUT2D eigenvalue weighted by Crippen LogP contribution is -2.41. The quantitative estimate of drug-likeness (QED) is 0.653. The number of hydrogen-bond acceptors (Lipinski definition) is 2. The summed E-state index contributed by atoms with van der Waals surface area (Å²) in [5.74, 6) is 0. The molecule has 106 valence electrons. The minimum absolute atomic E-state index is 0.552. The van der Waals surface area contributed by atoms with Gasteiger partial charge in [0.1, 0.15) is 0 Å². The molecule has 0 atom stereocenters. The van der Waals surface area contributed by atoms with Crippen molar-refractivity contribution in [2.75, 3.05) is 11.9 Å². The summed E-state index contributed by atoms with van der Waals surface area (Å²) >= 11 is 5.65. The van der Waals surface area contributed by atoms with E-state index in [0.717, 1.165) is 6.04 Å². The van der Waals surface area contributed by atoms with Crippen molar-refractivity contribution >= 4 is 27.3 Å². The number of hydrogen-bond donors (Lipinski definition) is 0. The van der Waals surface area contributed by atoms with Crippen LogP contribution in [0.1, 0.15) is 50.5 Å². The van der Waals surface area contributed by atoms with Crippen molar-refractivity contribution in [3.05, 3.63) is 22.4 Å². The lowest BCUT2D eigenvalue weighted by Gasteiger charge is -2.40. The van der Waals surface area contributed by atoms with Crippen molar-refractivity contribution in [1.29, 1.82) is 0 Å². The van der Waals surface area contributed by atoms with Gasteiger partial charge in [-0.15, -0.1) is 0 Å². The van der Waals surface area contributed by atoms with E-state index >= 15 is 0 Å². The minimum atomic E-state index is 0.552. The van der Waals surface area contributed by atoms with Crippen LogP contribution < -0.4 is 0 Å². The zero-order valence-electron chi connectivity index (χ0n) is 11.6. The van der Waals surface area contributed by atoms with Gasteiger partial charge in [-0.1, -0.05) is 35.2 Å². The van der Waals surface area contributed by atoms with Crippen molar-refractivity contribution in [2.45, 2.75) is 57.5 Å². The first-order valence-electron chi connectivity index (χ1n) is 7.62. The molecule has 0 aliphatic heterocycles. The number of rotatable bonds is 6. The van der Waals surface area contributed by atoms with E-state index in [9.17, 15) is 0 Å². The maximum absolute atomic E-state index is 3.82. The molecule has 0 spiro atoms. The fraction of sp³-hybridized carbons (Fsp3) is 0.750. The van der Waals surface area contributed by atoms with Gasteiger partial charge in [0.05, 0.1) is 0 Å². The molecular formula is C16H24BrNS. The molecule has 3 heteroatoms. The van der Waals surface area contributed by atoms with Gasteiger partial charge < -0.3 is 0 Å². The molecule has 2 aliphatic rings. The predicted molar refractivity (Wildman–Crippen MR) is 87.1 cm³/mol. The maximum atomic E-state index is 3.82. The molecule has 19 heavy (non-hydrogen) atoms. The van der Waals surface area contributed by atoms with Crippen LogP contribution in [0.25, 0.3) is 0 Å². The molecule has 2 fully saturated rings. The first kappa shape index (κ1) is 14.1. The molecule has 3 rings (SSSR count). The number of alkyl halides is 1. The highest BCUT2D eigenvalue weighted by Gasteiger charge is 2.37. The minimum Gasteiger partial charge on any atom is -0.296 e. The molecule has 2 saturated carbocycles. The maximum Gasteiger partial charge on any atom is 0.0245 e. The normalized spacial score (nSPS) is 22.8. The molecule has 0 saturated heterocycles. The molecule has 2 aliphatic carbocycles. The molecule has 1 aromatic heterocycles. The summed E-state index contributed by atoms with van der Waals surface area (Å²) in [6, 6.07) is 3.17. The van der Waals surface area contributed by atoms with Gasteiger partial charge in [0.25, 0.3) is 0 Å². The van der Waals surface area contributed by atoms with Crippen LogP contribution in [0.3, 0.4) is 0 Å². The number of nitrogens with zero attached hydrogens (tertiary/aromatic N) is 1. The van der Waals surface area contributed by atoms with Crippen LogP contribution >= 0.6 is 27.3 Å². The molecule has 1 nitrogen and oxygen atoms in total. The molecule has 1 heterocycles. The number of thiophene rings is 1. The molecule has 0 N–H and O–H groups in total. The third-order valence-electron chi connectivity index (χ3n) is 4.77. The summed E-state index contributed by atoms with van der Waals surface area (Å²) in [6.07, 6.45) is 10.00. The van der Waals surface area contributed by atoms with Crippen LogP contribution in [0.5, 0.6) is 0 Å². The Morgan fingerprint density at radius 2 is 2.05 bits per heavy atom. The average Bonchev–Trinajstić information content (AvgIpc) is 3.18. The van der Waals surface area contributed by atoms with Crippen molar-refractivity contribution in [2.24, 2.45) is 5.41 Å². The summed E-state index contributed by atoms with van der Waals surface area (Å²) in [4.78, 5) is 2.77. The topological polar surface area (TPSA) is 3.24 Å². The Kier molecular flexibility index (Phi) is 4.66. The van der Waals surface area contributed by atoms with Crippen LogP contribution in [-0.4, -0.2) is 22.8 Å². The second kappa shape index (κ2) is 6.28. The van der Waals surface area contributed by atoms with Gasteiger partial charge in [0, 0.05) is 24.5 Å². The Balaban J connectivity index is 1.66. The van der Waals surface area contributed by atoms with Crippen LogP contribution in [0.2, 0.25) is 0 Å². The second-order valence-electron chi connectivity index (χ2n) is 6.46. The largest absolute Gasteiger partial charge is 0.296 e. The van der Waals surface area contributed by atoms with E-state index in [4.69, 9.17) is 0 Å². The lowest BCUT2D eigenvalue weighted by molar-refractivity contribution is 0.115. The highest BCUT2D eigenvalue weighted by atomic mass is 79.9. The van der Waals surface area contributed by atoms with E-state index in [0.29, 0.717) is 5.41 Å². The first-order chi connectivity index (χ1) is 9.31. The molecular weight excluding hydrogens is 318 g/mol. The van der Waals surface area contributed by atoms with Gasteiger partial charge in [0.15, 0.2) is 0 Å². The fourth-order valence-electron chi connectivity index (χ4n) is 3.44. The number of halogens is 1. The van der Waals surface area contributed by atoms with Gasteiger partial charge in [0.2, 0.25) is 0 Å². The third kappa shape index (κ3) is 3.62.